The predicted octanol–water partition coefficient (Wildman–Crippen LogP) is 3.19. The third-order valence-electron chi connectivity index (χ3n) is 5.68. The minimum absolute atomic E-state index is 0.487. The molecule has 1 N–H and O–H groups in total. The molecule has 0 bridgehead atoms. The monoisotopic (exact) mass is 294 g/mol. The van der Waals surface area contributed by atoms with Gasteiger partial charge in [-0.1, -0.05) is 19.3 Å². The van der Waals surface area contributed by atoms with Gasteiger partial charge in [-0.2, -0.15) is 0 Å². The Hall–Kier alpha value is -0.120. The van der Waals surface area contributed by atoms with E-state index in [2.05, 4.69) is 17.1 Å². The van der Waals surface area contributed by atoms with Gasteiger partial charge in [0.2, 0.25) is 0 Å². The van der Waals surface area contributed by atoms with Crippen LogP contribution in [0.3, 0.4) is 0 Å². The first-order valence-corrected chi connectivity index (χ1v) is 9.37. The predicted molar refractivity (Wildman–Crippen MR) is 87.6 cm³/mol. The Labute approximate surface area is 130 Å². The summed E-state index contributed by atoms with van der Waals surface area (Å²) in [5.74, 6) is 0. The molecule has 0 aromatic heterocycles. The lowest BCUT2D eigenvalue weighted by Crippen LogP contribution is -2.49. The van der Waals surface area contributed by atoms with Crippen molar-refractivity contribution in [3.05, 3.63) is 0 Å². The standard InChI is InChI=1S/C18H34N2O/c1-2-21-17-7-6-12-20(13-17)15-18(10-4-3-5-11-18)14-19-16-8-9-16/h16-17,19H,2-15H2,1H3. The lowest BCUT2D eigenvalue weighted by atomic mass is 9.73. The fourth-order valence-electron chi connectivity index (χ4n) is 4.34. The fourth-order valence-corrected chi connectivity index (χ4v) is 4.34. The molecule has 21 heavy (non-hydrogen) atoms. The zero-order valence-corrected chi connectivity index (χ0v) is 13.9. The number of nitrogens with one attached hydrogen (secondary N) is 1. The van der Waals surface area contributed by atoms with E-state index in [1.807, 2.05) is 0 Å². The Morgan fingerprint density at radius 2 is 1.90 bits per heavy atom. The van der Waals surface area contributed by atoms with E-state index in [0.717, 1.165) is 12.6 Å². The number of rotatable bonds is 7. The van der Waals surface area contributed by atoms with Crippen LogP contribution in [0.4, 0.5) is 0 Å². The maximum atomic E-state index is 5.89. The molecule has 0 aromatic carbocycles. The first-order valence-electron chi connectivity index (χ1n) is 9.37. The van der Waals surface area contributed by atoms with E-state index in [4.69, 9.17) is 4.74 Å². The Morgan fingerprint density at radius 1 is 1.10 bits per heavy atom. The van der Waals surface area contributed by atoms with Crippen molar-refractivity contribution in [3.63, 3.8) is 0 Å². The van der Waals surface area contributed by atoms with Gasteiger partial charge in [-0.3, -0.25) is 0 Å². The summed E-state index contributed by atoms with van der Waals surface area (Å²) in [6.45, 7) is 8.01. The van der Waals surface area contributed by atoms with E-state index in [-0.39, 0.29) is 0 Å². The molecule has 3 nitrogen and oxygen atoms in total. The van der Waals surface area contributed by atoms with Crippen molar-refractivity contribution in [2.45, 2.75) is 76.9 Å². The van der Waals surface area contributed by atoms with Gasteiger partial charge in [0.25, 0.3) is 0 Å². The second kappa shape index (κ2) is 7.43. The molecule has 3 aliphatic rings. The summed E-state index contributed by atoms with van der Waals surface area (Å²) in [7, 11) is 0. The summed E-state index contributed by atoms with van der Waals surface area (Å²) in [4.78, 5) is 2.71. The molecule has 1 atom stereocenters. The molecule has 0 radical (unpaired) electrons. The molecule has 0 spiro atoms. The van der Waals surface area contributed by atoms with E-state index in [1.165, 1.54) is 84.0 Å². The van der Waals surface area contributed by atoms with E-state index >= 15 is 0 Å². The van der Waals surface area contributed by atoms with Crippen LogP contribution in [0.25, 0.3) is 0 Å². The molecular weight excluding hydrogens is 260 g/mol. The molecule has 1 heterocycles. The molecule has 3 heteroatoms. The van der Waals surface area contributed by atoms with Crippen LogP contribution in [0, 0.1) is 5.41 Å². The summed E-state index contributed by atoms with van der Waals surface area (Å²) < 4.78 is 5.89. The highest BCUT2D eigenvalue weighted by Gasteiger charge is 2.36. The number of likely N-dealkylation sites (tertiary alicyclic amines) is 1. The van der Waals surface area contributed by atoms with Crippen LogP contribution >= 0.6 is 0 Å². The zero-order valence-electron chi connectivity index (χ0n) is 13.9. The van der Waals surface area contributed by atoms with E-state index in [1.54, 1.807) is 0 Å². The van der Waals surface area contributed by atoms with Crippen molar-refractivity contribution in [2.24, 2.45) is 5.41 Å². The van der Waals surface area contributed by atoms with Crippen molar-refractivity contribution in [1.29, 1.82) is 0 Å². The molecule has 1 unspecified atom stereocenters. The third-order valence-corrected chi connectivity index (χ3v) is 5.68. The Balaban J connectivity index is 1.54. The first kappa shape index (κ1) is 15.8. The molecule has 2 aliphatic carbocycles. The smallest absolute Gasteiger partial charge is 0.0702 e. The average Bonchev–Trinajstić information content (AvgIpc) is 3.31. The number of ether oxygens (including phenoxy) is 1. The van der Waals surface area contributed by atoms with Crippen molar-refractivity contribution in [2.75, 3.05) is 32.8 Å². The molecule has 0 amide bonds. The molecule has 3 rings (SSSR count). The van der Waals surface area contributed by atoms with Crippen LogP contribution < -0.4 is 5.32 Å². The number of nitrogens with zero attached hydrogens (tertiary/aromatic N) is 1. The van der Waals surface area contributed by atoms with E-state index < -0.39 is 0 Å². The van der Waals surface area contributed by atoms with Crippen LogP contribution in [0.2, 0.25) is 0 Å². The quantitative estimate of drug-likeness (QED) is 0.780. The fraction of sp³-hybridized carbons (Fsp3) is 1.00. The second-order valence-electron chi connectivity index (χ2n) is 7.67. The summed E-state index contributed by atoms with van der Waals surface area (Å²) in [6.07, 6.45) is 13.1. The first-order chi connectivity index (χ1) is 10.3. The van der Waals surface area contributed by atoms with E-state index in [9.17, 15) is 0 Å². The van der Waals surface area contributed by atoms with Crippen LogP contribution in [0.5, 0.6) is 0 Å². The number of piperidine rings is 1. The average molecular weight is 294 g/mol. The zero-order chi connectivity index (χ0) is 14.5. The largest absolute Gasteiger partial charge is 0.377 e. The minimum atomic E-state index is 0.487. The van der Waals surface area contributed by atoms with Gasteiger partial charge in [-0.25, -0.2) is 0 Å². The lowest BCUT2D eigenvalue weighted by molar-refractivity contribution is -0.0118. The lowest BCUT2D eigenvalue weighted by Gasteiger charge is -2.43. The van der Waals surface area contributed by atoms with Crippen molar-refractivity contribution >= 4 is 0 Å². The highest BCUT2D eigenvalue weighted by molar-refractivity contribution is 4.92. The van der Waals surface area contributed by atoms with Crippen molar-refractivity contribution in [1.82, 2.24) is 10.2 Å². The molecule has 1 aliphatic heterocycles. The maximum Gasteiger partial charge on any atom is 0.0702 e. The summed E-state index contributed by atoms with van der Waals surface area (Å²) in [5, 5.41) is 3.84. The Kier molecular flexibility index (Phi) is 5.58. The van der Waals surface area contributed by atoms with Crippen LogP contribution in [0.15, 0.2) is 0 Å². The highest BCUT2D eigenvalue weighted by atomic mass is 16.5. The summed E-state index contributed by atoms with van der Waals surface area (Å²) in [6, 6.07) is 0.848. The molecule has 0 aromatic rings. The van der Waals surface area contributed by atoms with E-state index in [0.29, 0.717) is 11.5 Å². The molecule has 3 fully saturated rings. The van der Waals surface area contributed by atoms with Crippen LogP contribution in [-0.2, 0) is 4.74 Å². The number of hydrogen-bond donors (Lipinski definition) is 1. The summed E-state index contributed by atoms with van der Waals surface area (Å²) in [5.41, 5.74) is 0.551. The van der Waals surface area contributed by atoms with Gasteiger partial charge < -0.3 is 15.0 Å². The van der Waals surface area contributed by atoms with Gasteiger partial charge in [0, 0.05) is 32.3 Å². The summed E-state index contributed by atoms with van der Waals surface area (Å²) >= 11 is 0. The van der Waals surface area contributed by atoms with Gasteiger partial charge in [0.1, 0.15) is 0 Å². The van der Waals surface area contributed by atoms with Crippen LogP contribution in [0.1, 0.15) is 64.7 Å². The number of hydrogen-bond acceptors (Lipinski definition) is 3. The molecule has 122 valence electrons. The van der Waals surface area contributed by atoms with Gasteiger partial charge >= 0.3 is 0 Å². The minimum Gasteiger partial charge on any atom is -0.377 e. The van der Waals surface area contributed by atoms with Crippen molar-refractivity contribution in [3.8, 4) is 0 Å². The second-order valence-corrected chi connectivity index (χ2v) is 7.67. The van der Waals surface area contributed by atoms with Gasteiger partial charge in [-0.15, -0.1) is 0 Å². The van der Waals surface area contributed by atoms with Gasteiger partial charge in [0.15, 0.2) is 0 Å². The van der Waals surface area contributed by atoms with Crippen molar-refractivity contribution < 1.29 is 4.74 Å². The highest BCUT2D eigenvalue weighted by Crippen LogP contribution is 2.38. The van der Waals surface area contributed by atoms with Crippen LogP contribution in [-0.4, -0.2) is 49.8 Å². The third kappa shape index (κ3) is 4.67. The van der Waals surface area contributed by atoms with Gasteiger partial charge in [-0.05, 0) is 57.4 Å². The SMILES string of the molecule is CCOC1CCCN(CC2(CNC3CC3)CCCCC2)C1. The topological polar surface area (TPSA) is 24.5 Å². The molecular formula is C18H34N2O. The maximum absolute atomic E-state index is 5.89. The molecule has 2 saturated carbocycles. The molecule has 1 saturated heterocycles. The Morgan fingerprint density at radius 3 is 2.62 bits per heavy atom. The Bertz CT molecular complexity index is 308. The van der Waals surface area contributed by atoms with Gasteiger partial charge in [0.05, 0.1) is 6.10 Å². The normalized spacial score (nSPS) is 30.4.